The molecular weight excluding hydrogens is 652 g/mol. The molecule has 5 heterocycles. The fourth-order valence-corrected chi connectivity index (χ4v) is 8.79. The summed E-state index contributed by atoms with van der Waals surface area (Å²) in [6.45, 7) is 0.940. The standard InChI is InChI=1S/C33H30Cl2FN5O4S/c1-45-33(44)39-11-5-9-22(39)23-14-20-30(41(23)29-17-13-24(29)40(15-17)32(42)43)19-12-16(6-4-10-37)25(18-7-3-8-21(34)26(18)35)27(36)28(19)38-31(20)46-2/h3,7-8,12,14,17,22,24,29H,4-6,9,11,13,15H2,1-2H3,(H,42,43)/t17-,22?,24-,29+/m1/s1. The highest BCUT2D eigenvalue weighted by Gasteiger charge is 2.56. The van der Waals surface area contributed by atoms with Crippen LogP contribution < -0.4 is 0 Å². The van der Waals surface area contributed by atoms with Gasteiger partial charge in [0.25, 0.3) is 0 Å². The fraction of sp³-hybridized carbons (Fsp3) is 0.394. The summed E-state index contributed by atoms with van der Waals surface area (Å²) < 4.78 is 24.4. The van der Waals surface area contributed by atoms with E-state index in [-0.39, 0.29) is 58.0 Å². The number of methoxy groups -OCH3 is 1. The Morgan fingerprint density at radius 3 is 2.74 bits per heavy atom. The van der Waals surface area contributed by atoms with Crippen molar-refractivity contribution in [3.05, 3.63) is 57.5 Å². The summed E-state index contributed by atoms with van der Waals surface area (Å²) in [6, 6.07) is 10.4. The van der Waals surface area contributed by atoms with Crippen LogP contribution in [0.15, 0.2) is 35.4 Å². The number of hydrogen-bond donors (Lipinski definition) is 1. The molecule has 3 aliphatic heterocycles. The molecule has 4 aromatic rings. The van der Waals surface area contributed by atoms with E-state index in [2.05, 4.69) is 10.6 Å². The van der Waals surface area contributed by atoms with Crippen LogP contribution in [0.1, 0.15) is 49.0 Å². The number of halogens is 3. The van der Waals surface area contributed by atoms with Gasteiger partial charge in [0.15, 0.2) is 5.82 Å². The molecule has 1 saturated carbocycles. The third-order valence-corrected chi connectivity index (χ3v) is 11.3. The summed E-state index contributed by atoms with van der Waals surface area (Å²) in [5, 5.41) is 22.0. The van der Waals surface area contributed by atoms with E-state index in [1.807, 2.05) is 18.4 Å². The molecule has 9 nitrogen and oxygen atoms in total. The van der Waals surface area contributed by atoms with Gasteiger partial charge in [-0.2, -0.15) is 5.26 Å². The van der Waals surface area contributed by atoms with E-state index in [4.69, 9.17) is 32.9 Å². The van der Waals surface area contributed by atoms with Crippen molar-refractivity contribution in [1.82, 2.24) is 19.4 Å². The number of rotatable bonds is 6. The number of amides is 2. The third kappa shape index (κ3) is 4.60. The van der Waals surface area contributed by atoms with Crippen molar-refractivity contribution in [2.24, 2.45) is 5.92 Å². The molecule has 3 saturated heterocycles. The predicted octanol–water partition coefficient (Wildman–Crippen LogP) is 8.31. The average molecular weight is 683 g/mol. The summed E-state index contributed by atoms with van der Waals surface area (Å²) in [5.41, 5.74) is 3.00. The van der Waals surface area contributed by atoms with Crippen molar-refractivity contribution in [3.63, 3.8) is 0 Å². The number of fused-ring (bicyclic) bond motifs is 4. The number of pyridine rings is 1. The Labute approximate surface area is 278 Å². The van der Waals surface area contributed by atoms with Crippen LogP contribution in [0.25, 0.3) is 32.9 Å². The number of hydrogen-bond acceptors (Lipinski definition) is 6. The minimum atomic E-state index is -0.964. The van der Waals surface area contributed by atoms with Crippen LogP contribution >= 0.6 is 35.0 Å². The molecule has 1 N–H and O–H groups in total. The number of ether oxygens (including phenoxy) is 1. The van der Waals surface area contributed by atoms with E-state index in [9.17, 15) is 20.0 Å². The number of thioether (sulfide) groups is 1. The van der Waals surface area contributed by atoms with E-state index in [1.54, 1.807) is 23.1 Å². The highest BCUT2D eigenvalue weighted by atomic mass is 35.5. The molecule has 238 valence electrons. The first-order chi connectivity index (χ1) is 22.2. The third-order valence-electron chi connectivity index (χ3n) is 9.81. The molecule has 0 spiro atoms. The Bertz CT molecular complexity index is 1980. The van der Waals surface area contributed by atoms with E-state index in [0.29, 0.717) is 41.0 Å². The van der Waals surface area contributed by atoms with Crippen molar-refractivity contribution in [2.45, 2.75) is 55.3 Å². The highest BCUT2D eigenvalue weighted by molar-refractivity contribution is 7.98. The highest BCUT2D eigenvalue weighted by Crippen LogP contribution is 2.54. The summed E-state index contributed by atoms with van der Waals surface area (Å²) in [4.78, 5) is 33.2. The van der Waals surface area contributed by atoms with Crippen LogP contribution in [0.2, 0.25) is 10.0 Å². The zero-order valence-electron chi connectivity index (χ0n) is 25.1. The topological polar surface area (TPSA) is 112 Å². The first-order valence-corrected chi connectivity index (χ1v) is 17.1. The van der Waals surface area contributed by atoms with Gasteiger partial charge >= 0.3 is 12.2 Å². The maximum Gasteiger partial charge on any atom is 0.410 e. The Kier molecular flexibility index (Phi) is 7.94. The van der Waals surface area contributed by atoms with Crippen molar-refractivity contribution in [1.29, 1.82) is 5.26 Å². The molecule has 2 aromatic carbocycles. The molecule has 4 fully saturated rings. The van der Waals surface area contributed by atoms with Gasteiger partial charge in [0.1, 0.15) is 10.5 Å². The summed E-state index contributed by atoms with van der Waals surface area (Å²) >= 11 is 14.4. The molecule has 4 atom stereocenters. The quantitative estimate of drug-likeness (QED) is 0.204. The van der Waals surface area contributed by atoms with Gasteiger partial charge in [-0.15, -0.1) is 11.8 Å². The molecule has 46 heavy (non-hydrogen) atoms. The van der Waals surface area contributed by atoms with Gasteiger partial charge in [-0.05, 0) is 55.7 Å². The Balaban J connectivity index is 1.57. The van der Waals surface area contributed by atoms with Crippen LogP contribution in [0.4, 0.5) is 14.0 Å². The fourth-order valence-electron chi connectivity index (χ4n) is 7.84. The SMILES string of the molecule is COC(=O)N1CCCC1c1cc2c(SC)nc3c(F)c(-c4cccc(Cl)c4Cl)c(CCC#N)cc3c2n1[C@H]1[C@@H]2C[C@H]1N(C(=O)O)C2. The lowest BCUT2D eigenvalue weighted by atomic mass is 9.79. The van der Waals surface area contributed by atoms with Gasteiger partial charge < -0.3 is 19.3 Å². The number of aryl methyl sites for hydroxylation is 1. The second-order valence-corrected chi connectivity index (χ2v) is 13.6. The summed E-state index contributed by atoms with van der Waals surface area (Å²) in [5.74, 6) is -0.501. The van der Waals surface area contributed by atoms with E-state index in [0.717, 1.165) is 29.4 Å². The van der Waals surface area contributed by atoms with Gasteiger partial charge in [0, 0.05) is 53.0 Å². The monoisotopic (exact) mass is 681 g/mol. The number of benzene rings is 2. The van der Waals surface area contributed by atoms with E-state index < -0.39 is 18.0 Å². The van der Waals surface area contributed by atoms with Gasteiger partial charge in [-0.3, -0.25) is 4.90 Å². The lowest BCUT2D eigenvalue weighted by Gasteiger charge is -2.40. The van der Waals surface area contributed by atoms with Crippen molar-refractivity contribution in [2.75, 3.05) is 26.5 Å². The van der Waals surface area contributed by atoms with E-state index in [1.165, 1.54) is 23.8 Å². The minimum Gasteiger partial charge on any atom is -0.465 e. The first kappa shape index (κ1) is 30.9. The lowest BCUT2D eigenvalue weighted by molar-refractivity contribution is 0.112. The zero-order valence-corrected chi connectivity index (χ0v) is 27.4. The van der Waals surface area contributed by atoms with Crippen LogP contribution in [-0.4, -0.2) is 69.1 Å². The molecule has 4 aliphatic rings. The number of aromatic nitrogens is 2. The normalized spacial score (nSPS) is 22.0. The molecule has 2 amide bonds. The molecule has 8 rings (SSSR count). The minimum absolute atomic E-state index is 0.0665. The second kappa shape index (κ2) is 11.8. The van der Waals surface area contributed by atoms with Crippen molar-refractivity contribution >= 4 is 69.0 Å². The average Bonchev–Trinajstić information content (AvgIpc) is 3.84. The molecule has 13 heteroatoms. The molecule has 2 bridgehead atoms. The Morgan fingerprint density at radius 2 is 2.04 bits per heavy atom. The second-order valence-electron chi connectivity index (χ2n) is 12.0. The zero-order chi connectivity index (χ0) is 32.4. The van der Waals surface area contributed by atoms with Crippen molar-refractivity contribution < 1.29 is 23.8 Å². The molecule has 2 aromatic heterocycles. The maximum atomic E-state index is 17.1. The molecule has 0 radical (unpaired) electrons. The molecular formula is C33H30Cl2FN5O4S. The number of nitriles is 1. The number of carbonyl (C=O) groups is 2. The van der Waals surface area contributed by atoms with E-state index >= 15 is 4.39 Å². The first-order valence-electron chi connectivity index (χ1n) is 15.1. The number of carboxylic acid groups (broad SMARTS) is 1. The molecule has 1 aliphatic carbocycles. The van der Waals surface area contributed by atoms with Crippen LogP contribution in [-0.2, 0) is 11.2 Å². The smallest absolute Gasteiger partial charge is 0.410 e. The maximum absolute atomic E-state index is 17.1. The summed E-state index contributed by atoms with van der Waals surface area (Å²) in [6.07, 6.45) is 3.13. The summed E-state index contributed by atoms with van der Waals surface area (Å²) in [7, 11) is 1.36. The largest absolute Gasteiger partial charge is 0.465 e. The van der Waals surface area contributed by atoms with Crippen LogP contribution in [0, 0.1) is 23.1 Å². The number of nitrogens with zero attached hydrogens (tertiary/aromatic N) is 5. The van der Waals surface area contributed by atoms with Gasteiger partial charge in [-0.25, -0.2) is 19.0 Å². The Hall–Kier alpha value is -3.72. The molecule has 1 unspecified atom stereocenters. The Morgan fingerprint density at radius 1 is 1.24 bits per heavy atom. The van der Waals surface area contributed by atoms with Gasteiger partial charge in [0.2, 0.25) is 0 Å². The number of carbonyl (C=O) groups excluding carboxylic acids is 1. The van der Waals surface area contributed by atoms with Crippen molar-refractivity contribution in [3.8, 4) is 17.2 Å². The van der Waals surface area contributed by atoms with Crippen LogP contribution in [0.3, 0.4) is 0 Å². The number of likely N-dealkylation sites (tertiary alicyclic amines) is 1. The van der Waals surface area contributed by atoms with Crippen LogP contribution in [0.5, 0.6) is 0 Å². The lowest BCUT2D eigenvalue weighted by Crippen LogP contribution is -2.43. The van der Waals surface area contributed by atoms with Gasteiger partial charge in [-0.1, -0.05) is 35.3 Å². The van der Waals surface area contributed by atoms with Gasteiger partial charge in [0.05, 0.1) is 46.9 Å². The predicted molar refractivity (Wildman–Crippen MR) is 175 cm³/mol.